The molecule has 1 saturated heterocycles. The van der Waals surface area contributed by atoms with Crippen LogP contribution >= 0.6 is 0 Å². The highest BCUT2D eigenvalue weighted by atomic mass is 15.2. The average molecular weight is 288 g/mol. The van der Waals surface area contributed by atoms with Crippen LogP contribution in [-0.4, -0.2) is 24.5 Å². The minimum Gasteiger partial charge on any atom is -0.330 e. The van der Waals surface area contributed by atoms with Gasteiger partial charge >= 0.3 is 0 Å². The van der Waals surface area contributed by atoms with Crippen LogP contribution in [0.15, 0.2) is 18.2 Å². The summed E-state index contributed by atoms with van der Waals surface area (Å²) < 4.78 is 0. The van der Waals surface area contributed by atoms with Crippen LogP contribution in [0.25, 0.3) is 0 Å². The molecule has 0 spiro atoms. The fourth-order valence-corrected chi connectivity index (χ4v) is 3.44. The molecule has 1 aliphatic rings. The maximum atomic E-state index is 5.92. The predicted molar refractivity (Wildman–Crippen MR) is 91.7 cm³/mol. The summed E-state index contributed by atoms with van der Waals surface area (Å²) in [5, 5.41) is 0. The second-order valence-corrected chi connectivity index (χ2v) is 7.35. The first-order valence-electron chi connectivity index (χ1n) is 8.54. The summed E-state index contributed by atoms with van der Waals surface area (Å²) in [5.41, 5.74) is 10.6. The monoisotopic (exact) mass is 288 g/mol. The molecule has 2 N–H and O–H groups in total. The summed E-state index contributed by atoms with van der Waals surface area (Å²) >= 11 is 0. The number of nitrogens with zero attached hydrogens (tertiary/aromatic N) is 1. The van der Waals surface area contributed by atoms with E-state index in [-0.39, 0.29) is 5.41 Å². The molecule has 1 aromatic carbocycles. The first kappa shape index (κ1) is 16.5. The van der Waals surface area contributed by atoms with Gasteiger partial charge in [-0.05, 0) is 67.4 Å². The smallest absolute Gasteiger partial charge is 0.0362 e. The standard InChI is InChI=1S/C19H32N2/c1-5-15-8-9-16(19(2,3)4)14-17(15)18(10-11-20)21-12-6-7-13-21/h8-9,14,18H,5-7,10-13,20H2,1-4H3. The van der Waals surface area contributed by atoms with Crippen LogP contribution < -0.4 is 5.73 Å². The van der Waals surface area contributed by atoms with Crippen molar-refractivity contribution >= 4 is 0 Å². The van der Waals surface area contributed by atoms with Crippen molar-refractivity contribution in [3.8, 4) is 0 Å². The normalized spacial score (nSPS) is 18.1. The number of rotatable bonds is 5. The van der Waals surface area contributed by atoms with Gasteiger partial charge < -0.3 is 5.73 Å². The van der Waals surface area contributed by atoms with Gasteiger partial charge in [0.2, 0.25) is 0 Å². The van der Waals surface area contributed by atoms with Crippen molar-refractivity contribution in [2.24, 2.45) is 5.73 Å². The van der Waals surface area contributed by atoms with Gasteiger partial charge in [-0.3, -0.25) is 4.90 Å². The number of hydrogen-bond acceptors (Lipinski definition) is 2. The molecule has 0 amide bonds. The molecule has 0 aromatic heterocycles. The number of nitrogens with two attached hydrogens (primary N) is 1. The van der Waals surface area contributed by atoms with Gasteiger partial charge in [0.1, 0.15) is 0 Å². The average Bonchev–Trinajstić information content (AvgIpc) is 2.97. The molecule has 0 bridgehead atoms. The van der Waals surface area contributed by atoms with Crippen molar-refractivity contribution in [3.63, 3.8) is 0 Å². The number of benzene rings is 1. The van der Waals surface area contributed by atoms with Crippen LogP contribution in [-0.2, 0) is 11.8 Å². The van der Waals surface area contributed by atoms with E-state index in [2.05, 4.69) is 50.8 Å². The third kappa shape index (κ3) is 3.87. The molecule has 1 unspecified atom stereocenters. The molecular weight excluding hydrogens is 256 g/mol. The Morgan fingerprint density at radius 3 is 2.38 bits per heavy atom. The summed E-state index contributed by atoms with van der Waals surface area (Å²) in [4.78, 5) is 2.65. The summed E-state index contributed by atoms with van der Waals surface area (Å²) in [5.74, 6) is 0. The summed E-state index contributed by atoms with van der Waals surface area (Å²) in [7, 11) is 0. The lowest BCUT2D eigenvalue weighted by Gasteiger charge is -2.31. The van der Waals surface area contributed by atoms with Crippen LogP contribution in [0.2, 0.25) is 0 Å². The van der Waals surface area contributed by atoms with Crippen LogP contribution in [0.1, 0.15) is 69.7 Å². The van der Waals surface area contributed by atoms with Crippen molar-refractivity contribution in [2.75, 3.05) is 19.6 Å². The molecule has 2 heteroatoms. The van der Waals surface area contributed by atoms with E-state index < -0.39 is 0 Å². The molecule has 2 rings (SSSR count). The molecule has 0 aliphatic carbocycles. The minimum atomic E-state index is 0.208. The minimum absolute atomic E-state index is 0.208. The van der Waals surface area contributed by atoms with Crippen LogP contribution in [0.3, 0.4) is 0 Å². The van der Waals surface area contributed by atoms with Crippen molar-refractivity contribution in [1.82, 2.24) is 4.90 Å². The van der Waals surface area contributed by atoms with Gasteiger partial charge in [-0.1, -0.05) is 45.9 Å². The van der Waals surface area contributed by atoms with Gasteiger partial charge in [-0.15, -0.1) is 0 Å². The molecule has 0 saturated carbocycles. The maximum absolute atomic E-state index is 5.92. The Labute approximate surface area is 130 Å². The topological polar surface area (TPSA) is 29.3 Å². The van der Waals surface area contributed by atoms with E-state index in [0.29, 0.717) is 6.04 Å². The van der Waals surface area contributed by atoms with Crippen molar-refractivity contribution in [1.29, 1.82) is 0 Å². The van der Waals surface area contributed by atoms with Crippen LogP contribution in [0.4, 0.5) is 0 Å². The molecule has 1 atom stereocenters. The van der Waals surface area contributed by atoms with E-state index in [9.17, 15) is 0 Å². The maximum Gasteiger partial charge on any atom is 0.0362 e. The quantitative estimate of drug-likeness (QED) is 0.886. The Kier molecular flexibility index (Phi) is 5.45. The molecule has 118 valence electrons. The molecule has 21 heavy (non-hydrogen) atoms. The Morgan fingerprint density at radius 2 is 1.86 bits per heavy atom. The molecule has 1 fully saturated rings. The Morgan fingerprint density at radius 1 is 1.19 bits per heavy atom. The lowest BCUT2D eigenvalue weighted by molar-refractivity contribution is 0.234. The second-order valence-electron chi connectivity index (χ2n) is 7.35. The number of aryl methyl sites for hydroxylation is 1. The molecule has 1 heterocycles. The zero-order valence-corrected chi connectivity index (χ0v) is 14.3. The van der Waals surface area contributed by atoms with Gasteiger partial charge in [0, 0.05) is 6.04 Å². The highest BCUT2D eigenvalue weighted by Gasteiger charge is 2.26. The second kappa shape index (κ2) is 6.93. The van der Waals surface area contributed by atoms with Crippen molar-refractivity contribution in [2.45, 2.75) is 64.8 Å². The van der Waals surface area contributed by atoms with Crippen molar-refractivity contribution < 1.29 is 0 Å². The Balaban J connectivity index is 2.41. The zero-order chi connectivity index (χ0) is 15.5. The van der Waals surface area contributed by atoms with Gasteiger partial charge in [-0.2, -0.15) is 0 Å². The first-order chi connectivity index (χ1) is 9.97. The highest BCUT2D eigenvalue weighted by molar-refractivity contribution is 5.37. The largest absolute Gasteiger partial charge is 0.330 e. The Bertz CT molecular complexity index is 453. The van der Waals surface area contributed by atoms with E-state index in [1.165, 1.54) is 42.6 Å². The lowest BCUT2D eigenvalue weighted by Crippen LogP contribution is -2.29. The zero-order valence-electron chi connectivity index (χ0n) is 14.3. The SMILES string of the molecule is CCc1ccc(C(C)(C)C)cc1C(CCN)N1CCCC1. The van der Waals surface area contributed by atoms with E-state index in [1.54, 1.807) is 0 Å². The van der Waals surface area contributed by atoms with Crippen LogP contribution in [0, 0.1) is 0 Å². The lowest BCUT2D eigenvalue weighted by atomic mass is 9.83. The van der Waals surface area contributed by atoms with Crippen LogP contribution in [0.5, 0.6) is 0 Å². The van der Waals surface area contributed by atoms with Gasteiger partial charge in [0.25, 0.3) is 0 Å². The molecule has 1 aliphatic heterocycles. The molecular formula is C19H32N2. The molecule has 2 nitrogen and oxygen atoms in total. The van der Waals surface area contributed by atoms with E-state index in [1.807, 2.05) is 0 Å². The summed E-state index contributed by atoms with van der Waals surface area (Å²) in [6.07, 6.45) is 4.85. The molecule has 1 aromatic rings. The summed E-state index contributed by atoms with van der Waals surface area (Å²) in [6.45, 7) is 12.4. The fourth-order valence-electron chi connectivity index (χ4n) is 3.44. The highest BCUT2D eigenvalue weighted by Crippen LogP contribution is 2.33. The van der Waals surface area contributed by atoms with E-state index in [0.717, 1.165) is 19.4 Å². The van der Waals surface area contributed by atoms with Gasteiger partial charge in [-0.25, -0.2) is 0 Å². The Hall–Kier alpha value is -0.860. The van der Waals surface area contributed by atoms with Gasteiger partial charge in [0.05, 0.1) is 0 Å². The van der Waals surface area contributed by atoms with Gasteiger partial charge in [0.15, 0.2) is 0 Å². The van der Waals surface area contributed by atoms with E-state index >= 15 is 0 Å². The van der Waals surface area contributed by atoms with Crippen molar-refractivity contribution in [3.05, 3.63) is 34.9 Å². The number of likely N-dealkylation sites (tertiary alicyclic amines) is 1. The predicted octanol–water partition coefficient (Wildman–Crippen LogP) is 4.03. The first-order valence-corrected chi connectivity index (χ1v) is 8.54. The summed E-state index contributed by atoms with van der Waals surface area (Å²) in [6, 6.07) is 7.62. The third-order valence-corrected chi connectivity index (χ3v) is 4.77. The fraction of sp³-hybridized carbons (Fsp3) is 0.684. The third-order valence-electron chi connectivity index (χ3n) is 4.77. The number of hydrogen-bond donors (Lipinski definition) is 1. The molecule has 0 radical (unpaired) electrons. The van der Waals surface area contributed by atoms with E-state index in [4.69, 9.17) is 5.73 Å².